The molecule has 2 heterocycles. The van der Waals surface area contributed by atoms with Gasteiger partial charge in [0, 0.05) is 56.7 Å². The van der Waals surface area contributed by atoms with Crippen molar-refractivity contribution in [1.29, 1.82) is 0 Å². The van der Waals surface area contributed by atoms with Crippen molar-refractivity contribution in [3.05, 3.63) is 40.4 Å². The van der Waals surface area contributed by atoms with Crippen LogP contribution in [0.5, 0.6) is 0 Å². The molecule has 0 saturated heterocycles. The molecule has 0 radical (unpaired) electrons. The fourth-order valence-corrected chi connectivity index (χ4v) is 2.39. The average Bonchev–Trinajstić information content (AvgIpc) is 2.99. The molecular weight excluding hydrogens is 294 g/mol. The van der Waals surface area contributed by atoms with E-state index in [1.807, 2.05) is 19.3 Å². The molecule has 0 aliphatic carbocycles. The number of nitrogens with one attached hydrogen (secondary N) is 2. The normalized spacial score (nSPS) is 11.3. The molecule has 2 aromatic rings. The Bertz CT molecular complexity index is 664. The molecule has 0 fully saturated rings. The summed E-state index contributed by atoms with van der Waals surface area (Å²) in [6, 6.07) is 3.57. The molecular formula is C16H25N5O2. The first-order valence-corrected chi connectivity index (χ1v) is 7.71. The van der Waals surface area contributed by atoms with E-state index in [0.717, 1.165) is 36.5 Å². The number of hydrogen-bond donors (Lipinski definition) is 2. The summed E-state index contributed by atoms with van der Waals surface area (Å²) in [7, 11) is 5.63. The average molecular weight is 319 g/mol. The van der Waals surface area contributed by atoms with E-state index in [4.69, 9.17) is 4.74 Å². The molecule has 2 N–H and O–H groups in total. The second-order valence-electron chi connectivity index (χ2n) is 5.55. The minimum Gasteiger partial charge on any atom is -0.383 e. The SMILES string of the molecule is CNCCN(C)Cc1cn[nH]c1-c1ccn(CCOC)c(=O)c1. The summed E-state index contributed by atoms with van der Waals surface area (Å²) in [5.41, 5.74) is 2.80. The van der Waals surface area contributed by atoms with Crippen molar-refractivity contribution >= 4 is 0 Å². The number of H-pyrrole nitrogens is 1. The molecule has 0 aliphatic rings. The predicted molar refractivity (Wildman–Crippen MR) is 90.4 cm³/mol. The van der Waals surface area contributed by atoms with Crippen molar-refractivity contribution in [2.24, 2.45) is 0 Å². The van der Waals surface area contributed by atoms with Crippen LogP contribution in [0.1, 0.15) is 5.56 Å². The summed E-state index contributed by atoms with van der Waals surface area (Å²) >= 11 is 0. The highest BCUT2D eigenvalue weighted by Gasteiger charge is 2.11. The molecule has 0 aromatic carbocycles. The molecule has 2 aromatic heterocycles. The second kappa shape index (κ2) is 8.61. The summed E-state index contributed by atoms with van der Waals surface area (Å²) < 4.78 is 6.65. The van der Waals surface area contributed by atoms with Gasteiger partial charge in [0.15, 0.2) is 0 Å². The molecule has 0 spiro atoms. The lowest BCUT2D eigenvalue weighted by atomic mass is 10.1. The molecule has 2 rings (SSSR count). The van der Waals surface area contributed by atoms with Crippen LogP contribution in [0.25, 0.3) is 11.3 Å². The topological polar surface area (TPSA) is 75.2 Å². The number of likely N-dealkylation sites (N-methyl/N-ethyl adjacent to an activating group) is 2. The smallest absolute Gasteiger partial charge is 0.251 e. The Morgan fingerprint density at radius 2 is 2.30 bits per heavy atom. The lowest BCUT2D eigenvalue weighted by Gasteiger charge is -2.16. The first kappa shape index (κ1) is 17.4. The molecule has 7 heteroatoms. The van der Waals surface area contributed by atoms with E-state index in [2.05, 4.69) is 27.5 Å². The molecule has 0 aliphatic heterocycles. The zero-order valence-electron chi connectivity index (χ0n) is 14.0. The van der Waals surface area contributed by atoms with Gasteiger partial charge in [-0.05, 0) is 20.2 Å². The first-order valence-electron chi connectivity index (χ1n) is 7.71. The van der Waals surface area contributed by atoms with Gasteiger partial charge < -0.3 is 19.5 Å². The van der Waals surface area contributed by atoms with Gasteiger partial charge in [-0.15, -0.1) is 0 Å². The molecule has 23 heavy (non-hydrogen) atoms. The Hall–Kier alpha value is -1.96. The summed E-state index contributed by atoms with van der Waals surface area (Å²) in [6.07, 6.45) is 3.62. The minimum absolute atomic E-state index is 0.0383. The lowest BCUT2D eigenvalue weighted by molar-refractivity contribution is 0.186. The van der Waals surface area contributed by atoms with Crippen molar-refractivity contribution in [3.63, 3.8) is 0 Å². The number of rotatable bonds is 9. The number of methoxy groups -OCH3 is 1. The van der Waals surface area contributed by atoms with Crippen LogP contribution in [-0.4, -0.2) is 60.6 Å². The molecule has 0 amide bonds. The number of pyridine rings is 1. The van der Waals surface area contributed by atoms with Crippen LogP contribution in [0, 0.1) is 0 Å². The Morgan fingerprint density at radius 3 is 3.00 bits per heavy atom. The maximum atomic E-state index is 12.2. The predicted octanol–water partition coefficient (Wildman–Crippen LogP) is 0.536. The maximum absolute atomic E-state index is 12.2. The molecule has 126 valence electrons. The van der Waals surface area contributed by atoms with E-state index in [0.29, 0.717) is 13.2 Å². The van der Waals surface area contributed by atoms with Crippen LogP contribution in [-0.2, 0) is 17.8 Å². The Balaban J connectivity index is 2.15. The third-order valence-corrected chi connectivity index (χ3v) is 3.72. The van der Waals surface area contributed by atoms with Crippen molar-refractivity contribution in [3.8, 4) is 11.3 Å². The largest absolute Gasteiger partial charge is 0.383 e. The molecule has 0 saturated carbocycles. The molecule has 0 bridgehead atoms. The minimum atomic E-state index is -0.0383. The van der Waals surface area contributed by atoms with Gasteiger partial charge in [0.1, 0.15) is 0 Å². The van der Waals surface area contributed by atoms with Gasteiger partial charge in [-0.1, -0.05) is 0 Å². The van der Waals surface area contributed by atoms with E-state index < -0.39 is 0 Å². The van der Waals surface area contributed by atoms with Crippen molar-refractivity contribution in [2.75, 3.05) is 40.9 Å². The number of nitrogens with zero attached hydrogens (tertiary/aromatic N) is 3. The monoisotopic (exact) mass is 319 g/mol. The summed E-state index contributed by atoms with van der Waals surface area (Å²) in [4.78, 5) is 14.4. The van der Waals surface area contributed by atoms with E-state index in [9.17, 15) is 4.79 Å². The van der Waals surface area contributed by atoms with Crippen LogP contribution < -0.4 is 10.9 Å². The first-order chi connectivity index (χ1) is 11.2. The standard InChI is InChI=1S/C16H25N5O2/c1-17-5-7-20(2)12-14-11-18-19-16(14)13-4-6-21(8-9-23-3)15(22)10-13/h4,6,10-11,17H,5,7-9,12H2,1-3H3,(H,18,19). The van der Waals surface area contributed by atoms with Gasteiger partial charge in [0.2, 0.25) is 0 Å². The fraction of sp³-hybridized carbons (Fsp3) is 0.500. The van der Waals surface area contributed by atoms with Gasteiger partial charge in [-0.3, -0.25) is 9.89 Å². The highest BCUT2D eigenvalue weighted by molar-refractivity contribution is 5.61. The zero-order valence-corrected chi connectivity index (χ0v) is 14.0. The quantitative estimate of drug-likeness (QED) is 0.705. The van der Waals surface area contributed by atoms with Crippen molar-refractivity contribution < 1.29 is 4.74 Å². The van der Waals surface area contributed by atoms with E-state index in [-0.39, 0.29) is 5.56 Å². The van der Waals surface area contributed by atoms with Gasteiger partial charge in [0.25, 0.3) is 5.56 Å². The summed E-state index contributed by atoms with van der Waals surface area (Å²) in [5.74, 6) is 0. The van der Waals surface area contributed by atoms with E-state index in [1.54, 1.807) is 23.9 Å². The molecule has 0 atom stereocenters. The van der Waals surface area contributed by atoms with Gasteiger partial charge >= 0.3 is 0 Å². The Kier molecular flexibility index (Phi) is 6.52. The van der Waals surface area contributed by atoms with Crippen LogP contribution >= 0.6 is 0 Å². The van der Waals surface area contributed by atoms with Crippen molar-refractivity contribution in [1.82, 2.24) is 25.0 Å². The van der Waals surface area contributed by atoms with E-state index in [1.165, 1.54) is 0 Å². The summed E-state index contributed by atoms with van der Waals surface area (Å²) in [5, 5.41) is 10.3. The van der Waals surface area contributed by atoms with Gasteiger partial charge in [-0.2, -0.15) is 5.10 Å². The van der Waals surface area contributed by atoms with Crippen LogP contribution in [0.2, 0.25) is 0 Å². The number of ether oxygens (including phenoxy) is 1. The van der Waals surface area contributed by atoms with Crippen LogP contribution in [0.15, 0.2) is 29.3 Å². The van der Waals surface area contributed by atoms with Gasteiger partial charge in [0.05, 0.1) is 18.5 Å². The number of aromatic nitrogens is 3. The van der Waals surface area contributed by atoms with Crippen molar-refractivity contribution in [2.45, 2.75) is 13.1 Å². The second-order valence-corrected chi connectivity index (χ2v) is 5.55. The molecule has 7 nitrogen and oxygen atoms in total. The Labute approximate surface area is 136 Å². The van der Waals surface area contributed by atoms with Gasteiger partial charge in [-0.25, -0.2) is 0 Å². The third kappa shape index (κ3) is 4.75. The third-order valence-electron chi connectivity index (χ3n) is 3.72. The van der Waals surface area contributed by atoms with Crippen LogP contribution in [0.4, 0.5) is 0 Å². The maximum Gasteiger partial charge on any atom is 0.251 e. The lowest BCUT2D eigenvalue weighted by Crippen LogP contribution is -2.27. The van der Waals surface area contributed by atoms with Crippen LogP contribution in [0.3, 0.4) is 0 Å². The number of aromatic amines is 1. The highest BCUT2D eigenvalue weighted by Crippen LogP contribution is 2.20. The number of hydrogen-bond acceptors (Lipinski definition) is 5. The van der Waals surface area contributed by atoms with E-state index >= 15 is 0 Å². The highest BCUT2D eigenvalue weighted by atomic mass is 16.5. The fourth-order valence-electron chi connectivity index (χ4n) is 2.39. The summed E-state index contributed by atoms with van der Waals surface area (Å²) in [6.45, 7) is 3.72. The Morgan fingerprint density at radius 1 is 1.48 bits per heavy atom. The molecule has 0 unspecified atom stereocenters. The zero-order chi connectivity index (χ0) is 16.7.